The number of aryl methyl sites for hydroxylation is 1. The van der Waals surface area contributed by atoms with Crippen LogP contribution in [0.25, 0.3) is 0 Å². The van der Waals surface area contributed by atoms with Crippen LogP contribution in [-0.2, 0) is 0 Å². The van der Waals surface area contributed by atoms with Crippen LogP contribution in [0.2, 0.25) is 0 Å². The van der Waals surface area contributed by atoms with Crippen LogP contribution in [0.3, 0.4) is 0 Å². The molecule has 0 saturated carbocycles. The van der Waals surface area contributed by atoms with E-state index >= 15 is 0 Å². The van der Waals surface area contributed by atoms with Gasteiger partial charge in [-0.1, -0.05) is 23.8 Å². The Kier molecular flexibility index (Phi) is 6.90. The van der Waals surface area contributed by atoms with Crippen LogP contribution in [0, 0.1) is 6.92 Å². The highest BCUT2D eigenvalue weighted by atomic mass is 16.5. The van der Waals surface area contributed by atoms with Gasteiger partial charge < -0.3 is 4.74 Å². The van der Waals surface area contributed by atoms with Gasteiger partial charge in [0.1, 0.15) is 12.4 Å². The van der Waals surface area contributed by atoms with Gasteiger partial charge >= 0.3 is 0 Å². The number of nitrogens with one attached hydrogen (secondary N) is 1. The Labute approximate surface area is 134 Å². The van der Waals surface area contributed by atoms with Crippen molar-refractivity contribution in [2.45, 2.75) is 25.8 Å². The highest BCUT2D eigenvalue weighted by molar-refractivity contribution is 5.26. The predicted molar refractivity (Wildman–Crippen MR) is 92.1 cm³/mol. The molecule has 1 saturated heterocycles. The molecule has 0 amide bonds. The summed E-state index contributed by atoms with van der Waals surface area (Å²) in [5.41, 5.74) is 4.50. The molecule has 0 aromatic heterocycles. The maximum absolute atomic E-state index is 5.87. The molecule has 0 spiro atoms. The van der Waals surface area contributed by atoms with Crippen molar-refractivity contribution in [2.24, 2.45) is 0 Å². The molecule has 0 aliphatic carbocycles. The fourth-order valence-electron chi connectivity index (χ4n) is 2.96. The van der Waals surface area contributed by atoms with Crippen molar-refractivity contribution in [1.82, 2.24) is 15.3 Å². The SMILES string of the molecule is C=CCN(CCOc1ccc(C)cc1)C1CCN(NC)CC1. The van der Waals surface area contributed by atoms with Gasteiger partial charge in [-0.05, 0) is 38.9 Å². The minimum absolute atomic E-state index is 0.629. The molecule has 0 unspecified atom stereocenters. The molecule has 0 bridgehead atoms. The van der Waals surface area contributed by atoms with E-state index < -0.39 is 0 Å². The number of rotatable bonds is 8. The van der Waals surface area contributed by atoms with Gasteiger partial charge in [0.05, 0.1) is 0 Å². The summed E-state index contributed by atoms with van der Waals surface area (Å²) < 4.78 is 5.87. The van der Waals surface area contributed by atoms with Crippen molar-refractivity contribution >= 4 is 0 Å². The summed E-state index contributed by atoms with van der Waals surface area (Å²) in [5, 5.41) is 2.28. The third-order valence-electron chi connectivity index (χ3n) is 4.33. The van der Waals surface area contributed by atoms with Crippen LogP contribution in [-0.4, -0.2) is 55.8 Å². The molecule has 1 aromatic carbocycles. The summed E-state index contributed by atoms with van der Waals surface area (Å²) in [6, 6.07) is 8.88. The standard InChI is InChI=1S/C18H29N3O/c1-4-11-20(17-9-12-21(19-3)13-10-17)14-15-22-18-7-5-16(2)6-8-18/h4-8,17,19H,1,9-15H2,2-3H3. The van der Waals surface area contributed by atoms with Crippen molar-refractivity contribution in [3.8, 4) is 5.75 Å². The number of piperidine rings is 1. The van der Waals surface area contributed by atoms with Gasteiger partial charge in [0.2, 0.25) is 0 Å². The van der Waals surface area contributed by atoms with Crippen molar-refractivity contribution in [2.75, 3.05) is 39.8 Å². The van der Waals surface area contributed by atoms with Crippen LogP contribution in [0.1, 0.15) is 18.4 Å². The Morgan fingerprint density at radius 3 is 2.59 bits per heavy atom. The molecule has 1 heterocycles. The summed E-state index contributed by atoms with van der Waals surface area (Å²) in [7, 11) is 2.00. The average Bonchev–Trinajstić information content (AvgIpc) is 2.56. The first-order valence-corrected chi connectivity index (χ1v) is 8.19. The second-order valence-electron chi connectivity index (χ2n) is 5.89. The number of benzene rings is 1. The van der Waals surface area contributed by atoms with Crippen LogP contribution >= 0.6 is 0 Å². The Morgan fingerprint density at radius 1 is 1.32 bits per heavy atom. The molecule has 1 aliphatic heterocycles. The minimum atomic E-state index is 0.629. The van der Waals surface area contributed by atoms with E-state index in [1.54, 1.807) is 0 Å². The summed E-state index contributed by atoms with van der Waals surface area (Å²) >= 11 is 0. The third-order valence-corrected chi connectivity index (χ3v) is 4.33. The average molecular weight is 303 g/mol. The molecule has 4 heteroatoms. The monoisotopic (exact) mass is 303 g/mol. The number of hydrazine groups is 1. The van der Waals surface area contributed by atoms with Gasteiger partial charge in [-0.3, -0.25) is 10.3 Å². The van der Waals surface area contributed by atoms with Gasteiger partial charge in [0.15, 0.2) is 0 Å². The quantitative estimate of drug-likeness (QED) is 0.747. The van der Waals surface area contributed by atoms with Crippen LogP contribution in [0.4, 0.5) is 0 Å². The van der Waals surface area contributed by atoms with Crippen molar-refractivity contribution in [3.63, 3.8) is 0 Å². The van der Waals surface area contributed by atoms with E-state index in [1.807, 2.05) is 25.3 Å². The highest BCUT2D eigenvalue weighted by Crippen LogP contribution is 2.16. The maximum Gasteiger partial charge on any atom is 0.119 e. The zero-order valence-corrected chi connectivity index (χ0v) is 13.9. The molecule has 1 aliphatic rings. The lowest BCUT2D eigenvalue weighted by atomic mass is 10.0. The van der Waals surface area contributed by atoms with E-state index in [9.17, 15) is 0 Å². The van der Waals surface area contributed by atoms with Crippen LogP contribution < -0.4 is 10.2 Å². The largest absolute Gasteiger partial charge is 0.492 e. The molecular weight excluding hydrogens is 274 g/mol. The van der Waals surface area contributed by atoms with Gasteiger partial charge in [-0.2, -0.15) is 0 Å². The Hall–Kier alpha value is -1.36. The second kappa shape index (κ2) is 8.93. The van der Waals surface area contributed by atoms with E-state index in [2.05, 4.69) is 41.0 Å². The van der Waals surface area contributed by atoms with Crippen molar-refractivity contribution in [3.05, 3.63) is 42.5 Å². The van der Waals surface area contributed by atoms with Gasteiger partial charge in [-0.15, -0.1) is 6.58 Å². The molecule has 4 nitrogen and oxygen atoms in total. The molecule has 0 atom stereocenters. The molecule has 2 rings (SSSR count). The van der Waals surface area contributed by atoms with Gasteiger partial charge in [0.25, 0.3) is 0 Å². The summed E-state index contributed by atoms with van der Waals surface area (Å²) in [6.45, 7) is 10.8. The highest BCUT2D eigenvalue weighted by Gasteiger charge is 2.23. The first-order valence-electron chi connectivity index (χ1n) is 8.19. The third kappa shape index (κ3) is 5.13. The normalized spacial score (nSPS) is 16.9. The Bertz CT molecular complexity index is 438. The smallest absolute Gasteiger partial charge is 0.119 e. The van der Waals surface area contributed by atoms with E-state index in [1.165, 1.54) is 18.4 Å². The second-order valence-corrected chi connectivity index (χ2v) is 5.89. The fourth-order valence-corrected chi connectivity index (χ4v) is 2.96. The first-order chi connectivity index (χ1) is 10.7. The summed E-state index contributed by atoms with van der Waals surface area (Å²) in [6.07, 6.45) is 4.38. The molecule has 0 radical (unpaired) electrons. The van der Waals surface area contributed by atoms with Gasteiger partial charge in [0, 0.05) is 32.2 Å². The first kappa shape index (κ1) is 17.0. The van der Waals surface area contributed by atoms with E-state index in [0.717, 1.165) is 38.5 Å². The van der Waals surface area contributed by atoms with E-state index in [0.29, 0.717) is 6.04 Å². The number of nitrogens with zero attached hydrogens (tertiary/aromatic N) is 2. The number of ether oxygens (including phenoxy) is 1. The lowest BCUT2D eigenvalue weighted by molar-refractivity contribution is 0.0829. The maximum atomic E-state index is 5.87. The topological polar surface area (TPSA) is 27.7 Å². The Morgan fingerprint density at radius 2 is 2.00 bits per heavy atom. The molecular formula is C18H29N3O. The summed E-state index contributed by atoms with van der Waals surface area (Å²) in [4.78, 5) is 2.49. The van der Waals surface area contributed by atoms with Crippen molar-refractivity contribution < 1.29 is 4.74 Å². The number of hydrogen-bond donors (Lipinski definition) is 1. The zero-order valence-electron chi connectivity index (χ0n) is 13.9. The molecule has 22 heavy (non-hydrogen) atoms. The minimum Gasteiger partial charge on any atom is -0.492 e. The molecule has 122 valence electrons. The summed E-state index contributed by atoms with van der Waals surface area (Å²) in [5.74, 6) is 0.953. The fraction of sp³-hybridized carbons (Fsp3) is 0.556. The van der Waals surface area contributed by atoms with E-state index in [4.69, 9.17) is 4.74 Å². The zero-order chi connectivity index (χ0) is 15.8. The predicted octanol–water partition coefficient (Wildman–Crippen LogP) is 2.46. The Balaban J connectivity index is 1.78. The molecule has 1 N–H and O–H groups in total. The van der Waals surface area contributed by atoms with E-state index in [-0.39, 0.29) is 0 Å². The van der Waals surface area contributed by atoms with Gasteiger partial charge in [-0.25, -0.2) is 5.01 Å². The molecule has 1 fully saturated rings. The lowest BCUT2D eigenvalue weighted by Gasteiger charge is -2.37. The van der Waals surface area contributed by atoms with Crippen LogP contribution in [0.5, 0.6) is 5.75 Å². The van der Waals surface area contributed by atoms with Crippen molar-refractivity contribution in [1.29, 1.82) is 0 Å². The molecule has 1 aromatic rings. The van der Waals surface area contributed by atoms with Crippen LogP contribution in [0.15, 0.2) is 36.9 Å². The number of hydrogen-bond acceptors (Lipinski definition) is 4. The lowest BCUT2D eigenvalue weighted by Crippen LogP contribution is -2.49.